The Morgan fingerprint density at radius 1 is 1.06 bits per heavy atom. The molecule has 0 fully saturated rings. The van der Waals surface area contributed by atoms with Crippen molar-refractivity contribution in [3.8, 4) is 22.4 Å². The minimum absolute atomic E-state index is 0.292. The predicted octanol–water partition coefficient (Wildman–Crippen LogP) is 4.46. The van der Waals surface area contributed by atoms with Crippen LogP contribution in [-0.2, 0) is 4.79 Å². The highest BCUT2D eigenvalue weighted by Gasteiger charge is 2.12. The average molecular weight is 430 g/mol. The molecule has 0 saturated heterocycles. The number of amides is 1. The van der Waals surface area contributed by atoms with E-state index in [1.54, 1.807) is 35.4 Å². The Labute approximate surface area is 182 Å². The maximum absolute atomic E-state index is 14.2. The summed E-state index contributed by atoms with van der Waals surface area (Å²) in [6.07, 6.45) is 11.0. The molecule has 0 spiro atoms. The molecule has 0 atom stereocenters. The quantitative estimate of drug-likeness (QED) is 0.423. The molecule has 9 heteroatoms. The second-order valence-corrected chi connectivity index (χ2v) is 6.86. The van der Waals surface area contributed by atoms with Gasteiger partial charge < -0.3 is 9.73 Å². The van der Waals surface area contributed by atoms with Gasteiger partial charge in [-0.1, -0.05) is 6.07 Å². The molecule has 4 aromatic heterocycles. The van der Waals surface area contributed by atoms with Gasteiger partial charge in [0, 0.05) is 60.3 Å². The first-order valence-corrected chi connectivity index (χ1v) is 9.68. The average Bonchev–Trinajstić information content (AvgIpc) is 3.40. The summed E-state index contributed by atoms with van der Waals surface area (Å²) < 4.78 is 20.9. The van der Waals surface area contributed by atoms with Crippen molar-refractivity contribution in [2.24, 2.45) is 0 Å². The Hall–Kier alpha value is -4.40. The van der Waals surface area contributed by atoms with Crippen molar-refractivity contribution in [3.05, 3.63) is 85.0 Å². The topological polar surface area (TPSA) is 98.2 Å². The Morgan fingerprint density at radius 2 is 1.94 bits per heavy atom. The number of fused-ring (bicyclic) bond motifs is 1. The van der Waals surface area contributed by atoms with E-state index in [4.69, 9.17) is 4.42 Å². The molecule has 1 N–H and O–H groups in total. The fourth-order valence-electron chi connectivity index (χ4n) is 3.04. The fraction of sp³-hybridized carbons (Fsp3) is 0.0870. The molecule has 5 rings (SSSR count). The normalized spacial score (nSPS) is 10.5. The van der Waals surface area contributed by atoms with Gasteiger partial charge in [0.05, 0.1) is 11.9 Å². The van der Waals surface area contributed by atoms with Crippen LogP contribution >= 0.6 is 0 Å². The number of oxazole rings is 1. The van der Waals surface area contributed by atoms with Crippen molar-refractivity contribution < 1.29 is 13.6 Å². The minimum atomic E-state index is -0.424. The maximum Gasteiger partial charge on any atom is 0.234 e. The number of nitrogens with one attached hydrogen (secondary N) is 1. The third kappa shape index (κ3) is 4.67. The highest BCUT2D eigenvalue weighted by molar-refractivity contribution is 5.75. The molecule has 0 bridgehead atoms. The number of carbonyl (C=O) groups excluding carboxylic acids is 1. The van der Waals surface area contributed by atoms with E-state index < -0.39 is 5.82 Å². The molecule has 0 saturated carbocycles. The summed E-state index contributed by atoms with van der Waals surface area (Å²) in [5.74, 6) is 1.64. The zero-order valence-electron chi connectivity index (χ0n) is 17.4. The summed E-state index contributed by atoms with van der Waals surface area (Å²) >= 11 is 0. The maximum atomic E-state index is 14.2. The Balaban J connectivity index is 0.000000300. The number of pyridine rings is 1. The molecule has 160 valence electrons. The van der Waals surface area contributed by atoms with Crippen molar-refractivity contribution in [2.45, 2.75) is 13.8 Å². The summed E-state index contributed by atoms with van der Waals surface area (Å²) in [5, 5.41) is 2.50. The molecule has 8 nitrogen and oxygen atoms in total. The SMILES string of the molecule is Cc1cnc(C)o1.O=CNc1ccc(F)c(-c2cn3cc(-c4cccnc4)cnc3n2)c1. The molecule has 0 aliphatic heterocycles. The number of aryl methyl sites for hydroxylation is 2. The largest absolute Gasteiger partial charge is 0.446 e. The molecule has 0 aliphatic carbocycles. The highest BCUT2D eigenvalue weighted by Crippen LogP contribution is 2.26. The molecule has 0 aliphatic rings. The molecule has 4 heterocycles. The lowest BCUT2D eigenvalue weighted by atomic mass is 10.1. The number of nitrogens with zero attached hydrogens (tertiary/aromatic N) is 5. The first kappa shape index (κ1) is 20.9. The summed E-state index contributed by atoms with van der Waals surface area (Å²) in [6.45, 7) is 3.70. The van der Waals surface area contributed by atoms with E-state index in [0.717, 1.165) is 22.8 Å². The molecular formula is C23H19FN6O2. The third-order valence-electron chi connectivity index (χ3n) is 4.51. The van der Waals surface area contributed by atoms with Gasteiger partial charge in [0.25, 0.3) is 0 Å². The number of benzene rings is 1. The summed E-state index contributed by atoms with van der Waals surface area (Å²) in [6, 6.07) is 8.09. The lowest BCUT2D eigenvalue weighted by Crippen LogP contribution is -1.95. The zero-order chi connectivity index (χ0) is 22.5. The van der Waals surface area contributed by atoms with Gasteiger partial charge in [-0.2, -0.15) is 0 Å². The molecule has 0 radical (unpaired) electrons. The van der Waals surface area contributed by atoms with Gasteiger partial charge in [0.1, 0.15) is 11.6 Å². The highest BCUT2D eigenvalue weighted by atomic mass is 19.1. The van der Waals surface area contributed by atoms with E-state index in [9.17, 15) is 9.18 Å². The van der Waals surface area contributed by atoms with Crippen molar-refractivity contribution in [2.75, 3.05) is 5.32 Å². The minimum Gasteiger partial charge on any atom is -0.446 e. The lowest BCUT2D eigenvalue weighted by Gasteiger charge is -2.03. The zero-order valence-corrected chi connectivity index (χ0v) is 17.4. The van der Waals surface area contributed by atoms with Crippen LogP contribution in [0.25, 0.3) is 28.2 Å². The van der Waals surface area contributed by atoms with E-state index >= 15 is 0 Å². The van der Waals surface area contributed by atoms with Crippen LogP contribution in [0.3, 0.4) is 0 Å². The molecule has 1 aromatic carbocycles. The van der Waals surface area contributed by atoms with Gasteiger partial charge in [0.15, 0.2) is 5.89 Å². The van der Waals surface area contributed by atoms with E-state index in [1.807, 2.05) is 32.2 Å². The molecule has 32 heavy (non-hydrogen) atoms. The first-order chi connectivity index (χ1) is 15.5. The smallest absolute Gasteiger partial charge is 0.234 e. The van der Waals surface area contributed by atoms with Crippen molar-refractivity contribution in [1.29, 1.82) is 0 Å². The molecule has 0 unspecified atom stereocenters. The van der Waals surface area contributed by atoms with Gasteiger partial charge >= 0.3 is 0 Å². The van der Waals surface area contributed by atoms with E-state index in [-0.39, 0.29) is 0 Å². The van der Waals surface area contributed by atoms with Gasteiger partial charge in [-0.15, -0.1) is 0 Å². The monoisotopic (exact) mass is 430 g/mol. The summed E-state index contributed by atoms with van der Waals surface area (Å²) in [7, 11) is 0. The van der Waals surface area contributed by atoms with Gasteiger partial charge in [-0.25, -0.2) is 19.3 Å². The second kappa shape index (κ2) is 9.17. The van der Waals surface area contributed by atoms with Gasteiger partial charge in [-0.3, -0.25) is 14.2 Å². The van der Waals surface area contributed by atoms with Crippen molar-refractivity contribution >= 4 is 17.9 Å². The summed E-state index contributed by atoms with van der Waals surface area (Å²) in [4.78, 5) is 27.2. The van der Waals surface area contributed by atoms with E-state index in [1.165, 1.54) is 18.2 Å². The van der Waals surface area contributed by atoms with Gasteiger partial charge in [-0.05, 0) is 31.2 Å². The number of hydrogen-bond donors (Lipinski definition) is 1. The van der Waals surface area contributed by atoms with Crippen LogP contribution < -0.4 is 5.32 Å². The number of aromatic nitrogens is 5. The van der Waals surface area contributed by atoms with Crippen LogP contribution in [0.2, 0.25) is 0 Å². The van der Waals surface area contributed by atoms with E-state index in [0.29, 0.717) is 29.1 Å². The second-order valence-electron chi connectivity index (χ2n) is 6.86. The standard InChI is InChI=1S/C18H12FN5O.C5H7NO/c19-16-4-3-14(22-11-25)6-15(16)17-10-24-9-13(8-21-18(24)23-17)12-2-1-5-20-7-12;1-4-3-6-5(2)7-4/h1-11H,(H,22,25);3H,1-2H3. The number of hydrogen-bond acceptors (Lipinski definition) is 6. The van der Waals surface area contributed by atoms with E-state index in [2.05, 4.69) is 25.3 Å². The Morgan fingerprint density at radius 3 is 2.59 bits per heavy atom. The Kier molecular flexibility index (Phi) is 5.98. The number of anilines is 1. The number of carbonyl (C=O) groups is 1. The van der Waals surface area contributed by atoms with Crippen LogP contribution in [0, 0.1) is 19.7 Å². The van der Waals surface area contributed by atoms with Crippen molar-refractivity contribution in [1.82, 2.24) is 24.3 Å². The third-order valence-corrected chi connectivity index (χ3v) is 4.51. The number of imidazole rings is 1. The van der Waals surface area contributed by atoms with Crippen molar-refractivity contribution in [3.63, 3.8) is 0 Å². The predicted molar refractivity (Wildman–Crippen MR) is 117 cm³/mol. The van der Waals surface area contributed by atoms with Crippen LogP contribution in [0.15, 0.2) is 71.9 Å². The number of halogens is 1. The first-order valence-electron chi connectivity index (χ1n) is 9.68. The Bertz CT molecular complexity index is 1350. The molecule has 1 amide bonds. The summed E-state index contributed by atoms with van der Waals surface area (Å²) in [5.41, 5.74) is 3.02. The lowest BCUT2D eigenvalue weighted by molar-refractivity contribution is -0.105. The van der Waals surface area contributed by atoms with Crippen LogP contribution in [0.4, 0.5) is 10.1 Å². The fourth-order valence-corrected chi connectivity index (χ4v) is 3.04. The van der Waals surface area contributed by atoms with Gasteiger partial charge in [0.2, 0.25) is 12.2 Å². The van der Waals surface area contributed by atoms with Crippen LogP contribution in [-0.4, -0.2) is 30.7 Å². The van der Waals surface area contributed by atoms with Crippen LogP contribution in [0.1, 0.15) is 11.7 Å². The molecular weight excluding hydrogens is 411 g/mol. The van der Waals surface area contributed by atoms with Crippen LogP contribution in [0.5, 0.6) is 0 Å². The number of rotatable bonds is 4. The molecule has 5 aromatic rings.